The number of carbonyl (C=O) groups is 3. The molecule has 27 heavy (non-hydrogen) atoms. The number of benzene rings is 2. The molecule has 0 unspecified atom stereocenters. The highest BCUT2D eigenvalue weighted by Crippen LogP contribution is 2.22. The van der Waals surface area contributed by atoms with Crippen LogP contribution < -0.4 is 10.6 Å². The number of hydrogen-bond acceptors (Lipinski definition) is 5. The van der Waals surface area contributed by atoms with Gasteiger partial charge in [0, 0.05) is 5.56 Å². The van der Waals surface area contributed by atoms with Gasteiger partial charge in [-0.1, -0.05) is 35.3 Å². The number of nitrogens with zero attached hydrogens (tertiary/aromatic N) is 1. The fraction of sp³-hybridized carbons (Fsp3) is 0.111. The lowest BCUT2D eigenvalue weighted by Crippen LogP contribution is -2.32. The van der Waals surface area contributed by atoms with Crippen LogP contribution in [-0.4, -0.2) is 30.9 Å². The monoisotopic (exact) mass is 405 g/mol. The average Bonchev–Trinajstić information content (AvgIpc) is 2.67. The van der Waals surface area contributed by atoms with Crippen molar-refractivity contribution in [1.29, 1.82) is 5.26 Å². The lowest BCUT2D eigenvalue weighted by molar-refractivity contribution is -0.146. The number of halogens is 2. The Balaban J connectivity index is 1.78. The van der Waals surface area contributed by atoms with Gasteiger partial charge in [0.25, 0.3) is 11.8 Å². The summed E-state index contributed by atoms with van der Waals surface area (Å²) in [5.41, 5.74) is 0.822. The fourth-order valence-electron chi connectivity index (χ4n) is 1.96. The van der Waals surface area contributed by atoms with Gasteiger partial charge in [-0.25, -0.2) is 0 Å². The molecule has 0 saturated carbocycles. The predicted octanol–water partition coefficient (Wildman–Crippen LogP) is 2.78. The molecule has 0 aromatic heterocycles. The molecular formula is C18H13Cl2N3O4. The molecule has 2 N–H and O–H groups in total. The number of hydrogen-bond donors (Lipinski definition) is 2. The molecule has 0 fully saturated rings. The van der Waals surface area contributed by atoms with Gasteiger partial charge in [-0.05, 0) is 30.3 Å². The Morgan fingerprint density at radius 1 is 1.07 bits per heavy atom. The fourth-order valence-corrected chi connectivity index (χ4v) is 2.26. The first kappa shape index (κ1) is 20.2. The van der Waals surface area contributed by atoms with E-state index in [0.29, 0.717) is 10.7 Å². The number of ether oxygens (including phenoxy) is 1. The molecule has 0 aliphatic rings. The third-order valence-corrected chi connectivity index (χ3v) is 4.00. The van der Waals surface area contributed by atoms with Crippen molar-refractivity contribution < 1.29 is 19.1 Å². The first-order valence-electron chi connectivity index (χ1n) is 7.58. The second kappa shape index (κ2) is 9.57. The van der Waals surface area contributed by atoms with Gasteiger partial charge in [-0.2, -0.15) is 5.26 Å². The maximum absolute atomic E-state index is 11.9. The van der Waals surface area contributed by atoms with E-state index in [9.17, 15) is 14.4 Å². The smallest absolute Gasteiger partial charge is 0.325 e. The minimum atomic E-state index is -0.799. The summed E-state index contributed by atoms with van der Waals surface area (Å²) in [5.74, 6) is -1.95. The Bertz CT molecular complexity index is 925. The van der Waals surface area contributed by atoms with E-state index in [1.807, 2.05) is 6.07 Å². The van der Waals surface area contributed by atoms with Crippen molar-refractivity contribution in [2.45, 2.75) is 0 Å². The first-order valence-corrected chi connectivity index (χ1v) is 8.34. The van der Waals surface area contributed by atoms with Crippen molar-refractivity contribution in [2.24, 2.45) is 0 Å². The summed E-state index contributed by atoms with van der Waals surface area (Å²) in [6.45, 7) is -0.984. The second-order valence-corrected chi connectivity index (χ2v) is 5.99. The molecule has 138 valence electrons. The van der Waals surface area contributed by atoms with Crippen molar-refractivity contribution in [3.8, 4) is 6.07 Å². The van der Waals surface area contributed by atoms with E-state index in [-0.39, 0.29) is 16.1 Å². The van der Waals surface area contributed by atoms with E-state index in [0.717, 1.165) is 0 Å². The number of rotatable bonds is 6. The Hall–Kier alpha value is -3.08. The predicted molar refractivity (Wildman–Crippen MR) is 99.5 cm³/mol. The van der Waals surface area contributed by atoms with Crippen molar-refractivity contribution in [3.63, 3.8) is 0 Å². The van der Waals surface area contributed by atoms with Gasteiger partial charge in [0.15, 0.2) is 6.61 Å². The summed E-state index contributed by atoms with van der Waals surface area (Å²) in [6, 6.07) is 12.6. The van der Waals surface area contributed by atoms with Gasteiger partial charge in [-0.3, -0.25) is 14.4 Å². The highest BCUT2D eigenvalue weighted by molar-refractivity contribution is 6.42. The summed E-state index contributed by atoms with van der Waals surface area (Å²) < 4.78 is 4.78. The minimum Gasteiger partial charge on any atom is -0.454 e. The van der Waals surface area contributed by atoms with Crippen LogP contribution in [0, 0.1) is 11.3 Å². The summed E-state index contributed by atoms with van der Waals surface area (Å²) >= 11 is 11.6. The number of para-hydroxylation sites is 1. The van der Waals surface area contributed by atoms with Crippen LogP contribution in [0.5, 0.6) is 0 Å². The van der Waals surface area contributed by atoms with Crippen LogP contribution in [0.25, 0.3) is 0 Å². The SMILES string of the molecule is N#Cc1ccccc1NC(=O)COC(=O)CNC(=O)c1ccc(Cl)c(Cl)c1. The Labute approximate surface area is 164 Å². The maximum Gasteiger partial charge on any atom is 0.325 e. The van der Waals surface area contributed by atoms with E-state index in [1.165, 1.54) is 18.2 Å². The third-order valence-electron chi connectivity index (χ3n) is 3.26. The summed E-state index contributed by atoms with van der Waals surface area (Å²) in [7, 11) is 0. The average molecular weight is 406 g/mol. The van der Waals surface area contributed by atoms with Crippen molar-refractivity contribution in [1.82, 2.24) is 5.32 Å². The normalized spacial score (nSPS) is 9.81. The molecule has 0 aliphatic heterocycles. The Morgan fingerprint density at radius 2 is 1.81 bits per heavy atom. The molecule has 2 rings (SSSR count). The Kier molecular flexibility index (Phi) is 7.17. The quantitative estimate of drug-likeness (QED) is 0.718. The van der Waals surface area contributed by atoms with Crippen LogP contribution in [-0.2, 0) is 14.3 Å². The zero-order valence-corrected chi connectivity index (χ0v) is 15.3. The number of anilines is 1. The van der Waals surface area contributed by atoms with E-state index in [2.05, 4.69) is 10.6 Å². The molecule has 0 bridgehead atoms. The molecule has 9 heteroatoms. The highest BCUT2D eigenvalue weighted by atomic mass is 35.5. The van der Waals surface area contributed by atoms with E-state index < -0.39 is 30.9 Å². The summed E-state index contributed by atoms with van der Waals surface area (Å²) in [6.07, 6.45) is 0. The largest absolute Gasteiger partial charge is 0.454 e. The number of nitriles is 1. The molecule has 2 aromatic carbocycles. The molecule has 0 aliphatic carbocycles. The van der Waals surface area contributed by atoms with E-state index in [1.54, 1.807) is 24.3 Å². The van der Waals surface area contributed by atoms with Gasteiger partial charge in [-0.15, -0.1) is 0 Å². The molecule has 2 aromatic rings. The van der Waals surface area contributed by atoms with Crippen molar-refractivity contribution >= 4 is 46.7 Å². The van der Waals surface area contributed by atoms with Crippen LogP contribution in [0.4, 0.5) is 5.69 Å². The second-order valence-electron chi connectivity index (χ2n) is 5.18. The number of carbonyl (C=O) groups excluding carboxylic acids is 3. The number of esters is 1. The molecule has 0 saturated heterocycles. The third kappa shape index (κ3) is 5.99. The minimum absolute atomic E-state index is 0.209. The van der Waals surface area contributed by atoms with Gasteiger partial charge in [0.05, 0.1) is 21.3 Å². The summed E-state index contributed by atoms with van der Waals surface area (Å²) in [4.78, 5) is 35.4. The highest BCUT2D eigenvalue weighted by Gasteiger charge is 2.13. The molecular weight excluding hydrogens is 393 g/mol. The number of amides is 2. The zero-order valence-electron chi connectivity index (χ0n) is 13.8. The van der Waals surface area contributed by atoms with Crippen LogP contribution >= 0.6 is 23.2 Å². The first-order chi connectivity index (χ1) is 12.9. The van der Waals surface area contributed by atoms with Crippen LogP contribution in [0.2, 0.25) is 10.0 Å². The van der Waals surface area contributed by atoms with Gasteiger partial charge in [0.2, 0.25) is 0 Å². The molecule has 2 amide bonds. The number of nitrogens with one attached hydrogen (secondary N) is 2. The molecule has 0 atom stereocenters. The van der Waals surface area contributed by atoms with E-state index >= 15 is 0 Å². The molecule has 0 spiro atoms. The van der Waals surface area contributed by atoms with Crippen LogP contribution in [0.3, 0.4) is 0 Å². The topological polar surface area (TPSA) is 108 Å². The van der Waals surface area contributed by atoms with Crippen molar-refractivity contribution in [3.05, 3.63) is 63.6 Å². The molecule has 0 radical (unpaired) electrons. The Morgan fingerprint density at radius 3 is 2.52 bits per heavy atom. The van der Waals surface area contributed by atoms with Gasteiger partial charge >= 0.3 is 5.97 Å². The molecule has 7 nitrogen and oxygen atoms in total. The maximum atomic E-state index is 11.9. The summed E-state index contributed by atoms with van der Waals surface area (Å²) in [5, 5.41) is 14.3. The molecule has 0 heterocycles. The van der Waals surface area contributed by atoms with E-state index in [4.69, 9.17) is 33.2 Å². The van der Waals surface area contributed by atoms with Crippen molar-refractivity contribution in [2.75, 3.05) is 18.5 Å². The van der Waals surface area contributed by atoms with Crippen LogP contribution in [0.1, 0.15) is 15.9 Å². The van der Waals surface area contributed by atoms with Gasteiger partial charge in [0.1, 0.15) is 12.6 Å². The lowest BCUT2D eigenvalue weighted by atomic mass is 10.2. The lowest BCUT2D eigenvalue weighted by Gasteiger charge is -2.08. The van der Waals surface area contributed by atoms with Crippen LogP contribution in [0.15, 0.2) is 42.5 Å². The zero-order chi connectivity index (χ0) is 19.8. The van der Waals surface area contributed by atoms with Gasteiger partial charge < -0.3 is 15.4 Å². The standard InChI is InChI=1S/C18H13Cl2N3O4/c19-13-6-5-11(7-14(13)20)18(26)22-9-17(25)27-10-16(24)23-15-4-2-1-3-12(15)8-21/h1-7H,9-10H2,(H,22,26)(H,23,24).